The fraction of sp³-hybridized carbons (Fsp3) is 0.500. The van der Waals surface area contributed by atoms with Gasteiger partial charge in [-0.05, 0) is 31.5 Å². The maximum absolute atomic E-state index is 12.1. The van der Waals surface area contributed by atoms with Crippen LogP contribution in [-0.4, -0.2) is 41.0 Å². The molecule has 0 saturated carbocycles. The van der Waals surface area contributed by atoms with Gasteiger partial charge in [0.15, 0.2) is 5.16 Å². The number of carbonyl (C=O) groups excluding carboxylic acids is 1. The molecule has 126 valence electrons. The molecule has 1 heterocycles. The average Bonchev–Trinajstić information content (AvgIpc) is 2.86. The maximum Gasteiger partial charge on any atom is 0.233 e. The SMILES string of the molecule is CCCNC(=O)C(C)Sc1nc2cc(Cl)ccc2n1CCOC. The molecular weight excluding hydrogens is 334 g/mol. The van der Waals surface area contributed by atoms with Crippen LogP contribution in [0.15, 0.2) is 23.4 Å². The van der Waals surface area contributed by atoms with Gasteiger partial charge in [0.1, 0.15) is 0 Å². The number of ether oxygens (including phenoxy) is 1. The van der Waals surface area contributed by atoms with E-state index in [9.17, 15) is 4.79 Å². The number of hydrogen-bond acceptors (Lipinski definition) is 4. The van der Waals surface area contributed by atoms with Crippen LogP contribution in [0.5, 0.6) is 0 Å². The molecule has 0 fully saturated rings. The molecule has 0 radical (unpaired) electrons. The number of benzene rings is 1. The van der Waals surface area contributed by atoms with Crippen LogP contribution in [-0.2, 0) is 16.1 Å². The van der Waals surface area contributed by atoms with Gasteiger partial charge >= 0.3 is 0 Å². The predicted molar refractivity (Wildman–Crippen MR) is 95.2 cm³/mol. The Hall–Kier alpha value is -1.24. The second kappa shape index (κ2) is 8.57. The normalized spacial score (nSPS) is 12.5. The summed E-state index contributed by atoms with van der Waals surface area (Å²) in [6, 6.07) is 5.64. The topological polar surface area (TPSA) is 56.2 Å². The van der Waals surface area contributed by atoms with Crippen LogP contribution in [0.1, 0.15) is 20.3 Å². The van der Waals surface area contributed by atoms with Gasteiger partial charge in [-0.25, -0.2) is 4.98 Å². The fourth-order valence-corrected chi connectivity index (χ4v) is 3.31. The van der Waals surface area contributed by atoms with Gasteiger partial charge in [0.25, 0.3) is 0 Å². The first kappa shape index (κ1) is 18.1. The molecule has 0 bridgehead atoms. The van der Waals surface area contributed by atoms with Crippen molar-refractivity contribution in [2.75, 3.05) is 20.3 Å². The highest BCUT2D eigenvalue weighted by atomic mass is 35.5. The van der Waals surface area contributed by atoms with E-state index in [2.05, 4.69) is 14.9 Å². The first-order valence-corrected chi connectivity index (χ1v) is 8.91. The zero-order valence-corrected chi connectivity index (χ0v) is 15.2. The number of imidazole rings is 1. The molecule has 0 aliphatic rings. The highest BCUT2D eigenvalue weighted by molar-refractivity contribution is 8.00. The molecule has 0 aliphatic heterocycles. The van der Waals surface area contributed by atoms with Crippen LogP contribution in [0.4, 0.5) is 0 Å². The van der Waals surface area contributed by atoms with E-state index in [-0.39, 0.29) is 11.2 Å². The number of halogens is 1. The summed E-state index contributed by atoms with van der Waals surface area (Å²) in [6.45, 7) is 5.88. The van der Waals surface area contributed by atoms with Crippen LogP contribution < -0.4 is 5.32 Å². The van der Waals surface area contributed by atoms with E-state index in [1.54, 1.807) is 7.11 Å². The van der Waals surface area contributed by atoms with Crippen molar-refractivity contribution in [2.24, 2.45) is 0 Å². The largest absolute Gasteiger partial charge is 0.383 e. The molecule has 1 aromatic carbocycles. The summed E-state index contributed by atoms with van der Waals surface area (Å²) < 4.78 is 7.26. The Morgan fingerprint density at radius 2 is 2.30 bits per heavy atom. The number of amides is 1. The number of nitrogens with one attached hydrogen (secondary N) is 1. The van der Waals surface area contributed by atoms with Crippen LogP contribution >= 0.6 is 23.4 Å². The molecule has 0 aliphatic carbocycles. The Morgan fingerprint density at radius 3 is 3.00 bits per heavy atom. The van der Waals surface area contributed by atoms with Crippen LogP contribution in [0, 0.1) is 0 Å². The molecule has 1 amide bonds. The Kier molecular flexibility index (Phi) is 6.74. The van der Waals surface area contributed by atoms with Crippen molar-refractivity contribution in [3.05, 3.63) is 23.2 Å². The van der Waals surface area contributed by atoms with E-state index in [0.717, 1.165) is 22.6 Å². The van der Waals surface area contributed by atoms with Crippen LogP contribution in [0.3, 0.4) is 0 Å². The van der Waals surface area contributed by atoms with E-state index >= 15 is 0 Å². The van der Waals surface area contributed by atoms with Crippen LogP contribution in [0.2, 0.25) is 5.02 Å². The molecule has 1 atom stereocenters. The van der Waals surface area contributed by atoms with Crippen molar-refractivity contribution in [3.8, 4) is 0 Å². The molecule has 1 aromatic heterocycles. The summed E-state index contributed by atoms with van der Waals surface area (Å²) in [5.74, 6) is 0.0280. The van der Waals surface area contributed by atoms with Gasteiger partial charge in [-0.3, -0.25) is 4.79 Å². The van der Waals surface area contributed by atoms with Gasteiger partial charge in [-0.15, -0.1) is 0 Å². The molecular formula is C16H22ClN3O2S. The molecule has 1 unspecified atom stereocenters. The second-order valence-corrected chi connectivity index (χ2v) is 6.97. The molecule has 2 aromatic rings. The lowest BCUT2D eigenvalue weighted by atomic mass is 10.3. The van der Waals surface area contributed by atoms with Gasteiger partial charge in [0.2, 0.25) is 5.91 Å². The standard InChI is InChI=1S/C16H22ClN3O2S/c1-4-7-18-15(21)11(2)23-16-19-13-10-12(17)5-6-14(13)20(16)8-9-22-3/h5-6,10-11H,4,7-9H2,1-3H3,(H,18,21). The van der Waals surface area contributed by atoms with E-state index in [1.165, 1.54) is 11.8 Å². The maximum atomic E-state index is 12.1. The molecule has 5 nitrogen and oxygen atoms in total. The number of thioether (sulfide) groups is 1. The van der Waals surface area contributed by atoms with E-state index in [1.807, 2.05) is 32.0 Å². The summed E-state index contributed by atoms with van der Waals surface area (Å²) in [5.41, 5.74) is 1.83. The summed E-state index contributed by atoms with van der Waals surface area (Å²) >= 11 is 7.51. The average molecular weight is 356 g/mol. The highest BCUT2D eigenvalue weighted by Crippen LogP contribution is 2.28. The van der Waals surface area contributed by atoms with Crippen molar-refractivity contribution in [1.29, 1.82) is 0 Å². The number of methoxy groups -OCH3 is 1. The lowest BCUT2D eigenvalue weighted by Crippen LogP contribution is -2.31. The summed E-state index contributed by atoms with van der Waals surface area (Å²) in [5, 5.41) is 4.16. The highest BCUT2D eigenvalue weighted by Gasteiger charge is 2.19. The quantitative estimate of drug-likeness (QED) is 0.738. The van der Waals surface area contributed by atoms with Gasteiger partial charge in [0, 0.05) is 25.2 Å². The monoisotopic (exact) mass is 355 g/mol. The third-order valence-electron chi connectivity index (χ3n) is 3.39. The first-order chi connectivity index (χ1) is 11.1. The zero-order chi connectivity index (χ0) is 16.8. The molecule has 2 rings (SSSR count). The minimum atomic E-state index is -0.213. The van der Waals surface area contributed by atoms with Gasteiger partial charge in [-0.1, -0.05) is 30.3 Å². The number of aromatic nitrogens is 2. The van der Waals surface area contributed by atoms with Gasteiger partial charge in [-0.2, -0.15) is 0 Å². The Labute approximate surface area is 145 Å². The smallest absolute Gasteiger partial charge is 0.233 e. The lowest BCUT2D eigenvalue weighted by molar-refractivity contribution is -0.120. The van der Waals surface area contributed by atoms with Crippen molar-refractivity contribution < 1.29 is 9.53 Å². The van der Waals surface area contributed by atoms with Crippen molar-refractivity contribution in [1.82, 2.24) is 14.9 Å². The minimum absolute atomic E-state index is 0.0280. The van der Waals surface area contributed by atoms with E-state index in [4.69, 9.17) is 16.3 Å². The van der Waals surface area contributed by atoms with Crippen molar-refractivity contribution >= 4 is 40.3 Å². The number of rotatable bonds is 8. The summed E-state index contributed by atoms with van der Waals surface area (Å²) in [6.07, 6.45) is 0.925. The Balaban J connectivity index is 2.25. The number of fused-ring (bicyclic) bond motifs is 1. The van der Waals surface area contributed by atoms with Gasteiger partial charge in [0.05, 0.1) is 22.9 Å². The number of carbonyl (C=O) groups is 1. The Bertz CT molecular complexity index is 675. The Morgan fingerprint density at radius 1 is 1.52 bits per heavy atom. The zero-order valence-electron chi connectivity index (χ0n) is 13.6. The van der Waals surface area contributed by atoms with Gasteiger partial charge < -0.3 is 14.6 Å². The molecule has 1 N–H and O–H groups in total. The number of nitrogens with zero attached hydrogens (tertiary/aromatic N) is 2. The molecule has 0 spiro atoms. The molecule has 7 heteroatoms. The minimum Gasteiger partial charge on any atom is -0.383 e. The lowest BCUT2D eigenvalue weighted by Gasteiger charge is -2.13. The first-order valence-electron chi connectivity index (χ1n) is 7.66. The third-order valence-corrected chi connectivity index (χ3v) is 4.72. The molecule has 23 heavy (non-hydrogen) atoms. The predicted octanol–water partition coefficient (Wildman–Crippen LogP) is 3.34. The summed E-state index contributed by atoms with van der Waals surface area (Å²) in [7, 11) is 1.67. The summed E-state index contributed by atoms with van der Waals surface area (Å²) in [4.78, 5) is 16.7. The van der Waals surface area contributed by atoms with Crippen molar-refractivity contribution in [3.63, 3.8) is 0 Å². The molecule has 0 saturated heterocycles. The fourth-order valence-electron chi connectivity index (χ4n) is 2.17. The third kappa shape index (κ3) is 4.62. The van der Waals surface area contributed by atoms with E-state index in [0.29, 0.717) is 24.7 Å². The number of hydrogen-bond donors (Lipinski definition) is 1. The second-order valence-electron chi connectivity index (χ2n) is 5.22. The van der Waals surface area contributed by atoms with Crippen molar-refractivity contribution in [2.45, 2.75) is 37.2 Å². The van der Waals surface area contributed by atoms with E-state index < -0.39 is 0 Å². The van der Waals surface area contributed by atoms with Crippen LogP contribution in [0.25, 0.3) is 11.0 Å².